The zero-order chi connectivity index (χ0) is 12.3. The molecule has 4 heteroatoms. The van der Waals surface area contributed by atoms with Crippen LogP contribution in [0.1, 0.15) is 17.5 Å². The number of rotatable bonds is 0. The van der Waals surface area contributed by atoms with Gasteiger partial charge in [-0.05, 0) is 0 Å². The Hall–Kier alpha value is 0.120. The van der Waals surface area contributed by atoms with Crippen LogP contribution in [0.2, 0.25) is 13.1 Å². The minimum Gasteiger partial charge on any atom is -1.00 e. The van der Waals surface area contributed by atoms with Crippen LogP contribution < -0.4 is 24.8 Å². The molecule has 0 spiro atoms. The maximum absolute atomic E-state index is 3.16. The van der Waals surface area contributed by atoms with Gasteiger partial charge in [0.15, 0.2) is 0 Å². The van der Waals surface area contributed by atoms with E-state index in [4.69, 9.17) is 0 Å². The van der Waals surface area contributed by atoms with E-state index in [-0.39, 0.29) is 51.0 Å². The Labute approximate surface area is 157 Å². The first-order chi connectivity index (χ1) is 8.38. The third-order valence-corrected chi connectivity index (χ3v) is 2.19. The molecule has 0 aliphatic heterocycles. The maximum Gasteiger partial charge on any atom is 4.00 e. The molecule has 104 valence electrons. The average molecular weight is 401 g/mol. The molecule has 0 unspecified atom stereocenters. The van der Waals surface area contributed by atoms with Gasteiger partial charge in [-0.25, -0.2) is 18.2 Å². The van der Waals surface area contributed by atoms with Gasteiger partial charge in [-0.3, -0.25) is 12.2 Å². The first-order valence-corrected chi connectivity index (χ1v) is 7.83. The van der Waals surface area contributed by atoms with Crippen LogP contribution in [0.3, 0.4) is 0 Å². The monoisotopic (exact) mass is 398 g/mol. The summed E-state index contributed by atoms with van der Waals surface area (Å²) in [5.41, 5.74) is 2.73. The molecule has 0 saturated carbocycles. The summed E-state index contributed by atoms with van der Waals surface area (Å²) in [6.07, 6.45) is 16.2. The van der Waals surface area contributed by atoms with E-state index in [1.807, 2.05) is 12.2 Å². The molecule has 0 aromatic heterocycles. The van der Waals surface area contributed by atoms with Gasteiger partial charge in [0.1, 0.15) is 0 Å². The van der Waals surface area contributed by atoms with Crippen LogP contribution in [0, 0.1) is 12.2 Å². The second kappa shape index (κ2) is 17.2. The molecule has 0 bridgehead atoms. The molecule has 0 N–H and O–H groups in total. The number of halogens is 2. The van der Waals surface area contributed by atoms with E-state index in [2.05, 4.69) is 61.7 Å². The zero-order valence-corrected chi connectivity index (χ0v) is 16.8. The summed E-state index contributed by atoms with van der Waals surface area (Å²) in [7, 11) is 1.08. The molecule has 1 aromatic carbocycles. The van der Waals surface area contributed by atoms with Crippen molar-refractivity contribution in [1.29, 1.82) is 0 Å². The van der Waals surface area contributed by atoms with Crippen molar-refractivity contribution in [3.8, 4) is 0 Å². The minimum absolute atomic E-state index is 0. The Morgan fingerprint density at radius 3 is 2.15 bits per heavy atom. The fourth-order valence-corrected chi connectivity index (χ4v) is 1.45. The van der Waals surface area contributed by atoms with Crippen molar-refractivity contribution in [3.63, 3.8) is 0 Å². The molecule has 0 fully saturated rings. The van der Waals surface area contributed by atoms with Gasteiger partial charge in [-0.15, -0.1) is 24.5 Å². The van der Waals surface area contributed by atoms with Crippen LogP contribution in [0.15, 0.2) is 42.5 Å². The van der Waals surface area contributed by atoms with Crippen molar-refractivity contribution in [2.45, 2.75) is 25.9 Å². The first kappa shape index (κ1) is 25.1. The quantitative estimate of drug-likeness (QED) is 0.355. The molecule has 1 aromatic rings. The van der Waals surface area contributed by atoms with Gasteiger partial charge in [-0.2, -0.15) is 11.6 Å². The Bertz CT molecular complexity index is 405. The van der Waals surface area contributed by atoms with Crippen LogP contribution in [0.4, 0.5) is 0 Å². The zero-order valence-electron chi connectivity index (χ0n) is 11.8. The second-order valence-corrected chi connectivity index (χ2v) is 4.73. The summed E-state index contributed by atoms with van der Waals surface area (Å²) in [6, 6.07) is 8.39. The minimum atomic E-state index is 0. The number of allylic oxidation sites excluding steroid dienone is 5. The molecule has 0 heterocycles. The topological polar surface area (TPSA) is 0 Å². The van der Waals surface area contributed by atoms with Crippen molar-refractivity contribution >= 4 is 15.6 Å². The van der Waals surface area contributed by atoms with Gasteiger partial charge in [-0.1, -0.05) is 31.3 Å². The fraction of sp³-hybridized carbons (Fsp3) is 0.250. The Morgan fingerprint density at radius 1 is 1.05 bits per heavy atom. The molecule has 0 nitrogen and oxygen atoms in total. The van der Waals surface area contributed by atoms with E-state index in [1.165, 1.54) is 11.1 Å². The number of hydrogen-bond acceptors (Lipinski definition) is 0. The first-order valence-electron chi connectivity index (χ1n) is 5.83. The third kappa shape index (κ3) is 10.9. The Kier molecular flexibility index (Phi) is 21.5. The van der Waals surface area contributed by atoms with E-state index in [0.29, 0.717) is 0 Å². The predicted octanol–water partition coefficient (Wildman–Crippen LogP) is -1.84. The smallest absolute Gasteiger partial charge is 1.00 e. The number of fused-ring (bicyclic) bond motifs is 1. The van der Waals surface area contributed by atoms with E-state index < -0.39 is 0 Å². The van der Waals surface area contributed by atoms with Crippen LogP contribution in [-0.2, 0) is 32.6 Å². The summed E-state index contributed by atoms with van der Waals surface area (Å²) in [5, 5.41) is 0. The van der Waals surface area contributed by atoms with Crippen molar-refractivity contribution in [3.05, 3.63) is 65.8 Å². The van der Waals surface area contributed by atoms with Crippen LogP contribution in [0.5, 0.6) is 0 Å². The van der Waals surface area contributed by atoms with Gasteiger partial charge in [0.05, 0.1) is 0 Å². The van der Waals surface area contributed by atoms with Crippen LogP contribution >= 0.6 is 0 Å². The fourth-order valence-electron chi connectivity index (χ4n) is 1.45. The molecule has 0 atom stereocenters. The second-order valence-electron chi connectivity index (χ2n) is 3.73. The summed E-state index contributed by atoms with van der Waals surface area (Å²) >= 11 is 0. The normalized spacial score (nSPS) is 11.5. The summed E-state index contributed by atoms with van der Waals surface area (Å²) in [5.74, 6) is 0. The molecule has 2 aliphatic rings. The van der Waals surface area contributed by atoms with E-state index in [1.54, 1.807) is 0 Å². The maximum atomic E-state index is 3.16. The Balaban J connectivity index is -0.000000231. The van der Waals surface area contributed by atoms with Gasteiger partial charge >= 0.3 is 26.2 Å². The number of hydrogen-bond donors (Lipinski definition) is 0. The van der Waals surface area contributed by atoms with E-state index >= 15 is 0 Å². The SMILES string of the molecule is C[Si]C.[C-]1=CC=CC1.[C-]1=Cc2ccccc2C1.[Cl-].[Cl-].[Zr+4]. The molecule has 2 aliphatic carbocycles. The molecule has 0 saturated heterocycles. The molecular weight excluding hydrogens is 382 g/mol. The molecule has 0 amide bonds. The Morgan fingerprint density at radius 2 is 1.70 bits per heavy atom. The predicted molar refractivity (Wildman–Crippen MR) is 76.9 cm³/mol. The van der Waals surface area contributed by atoms with Crippen molar-refractivity contribution in [1.82, 2.24) is 0 Å². The van der Waals surface area contributed by atoms with Crippen LogP contribution in [-0.4, -0.2) is 9.52 Å². The summed E-state index contributed by atoms with van der Waals surface area (Å²) in [6.45, 7) is 4.31. The average Bonchev–Trinajstić information content (AvgIpc) is 3.05. The third-order valence-electron chi connectivity index (χ3n) is 2.19. The van der Waals surface area contributed by atoms with Gasteiger partial charge in [0.2, 0.25) is 0 Å². The molecular formula is C16H18Cl2SiZr. The van der Waals surface area contributed by atoms with Crippen molar-refractivity contribution in [2.75, 3.05) is 0 Å². The van der Waals surface area contributed by atoms with Gasteiger partial charge in [0.25, 0.3) is 0 Å². The van der Waals surface area contributed by atoms with Gasteiger partial charge in [0, 0.05) is 9.52 Å². The van der Waals surface area contributed by atoms with E-state index in [9.17, 15) is 0 Å². The van der Waals surface area contributed by atoms with Crippen molar-refractivity contribution < 1.29 is 51.0 Å². The van der Waals surface area contributed by atoms with Crippen LogP contribution in [0.25, 0.3) is 6.08 Å². The molecule has 20 heavy (non-hydrogen) atoms. The van der Waals surface area contributed by atoms with Gasteiger partial charge < -0.3 is 24.8 Å². The number of benzene rings is 1. The molecule has 3 rings (SSSR count). The standard InChI is InChI=1S/C9H7.C5H5.C2H6Si.2ClH.Zr/c1-2-5-9-7-3-6-8(9)4-1;1-2-4-5-3-1;1-3-2;;;/h1-2,4-6H,7H2;1-3H,4H2;1-2H3;2*1H;/q2*-1;;;;+4/p-2. The van der Waals surface area contributed by atoms with E-state index in [0.717, 1.165) is 22.4 Å². The summed E-state index contributed by atoms with van der Waals surface area (Å²) < 4.78 is 0. The largest absolute Gasteiger partial charge is 4.00 e. The molecule has 2 radical (unpaired) electrons. The van der Waals surface area contributed by atoms with Crippen molar-refractivity contribution in [2.24, 2.45) is 0 Å². The summed E-state index contributed by atoms with van der Waals surface area (Å²) in [4.78, 5) is 0.